The van der Waals surface area contributed by atoms with Gasteiger partial charge >= 0.3 is 6.03 Å². The van der Waals surface area contributed by atoms with Crippen molar-refractivity contribution in [1.82, 2.24) is 30.3 Å². The number of carbonyl (C=O) groups excluding carboxylic acids is 2. The molecule has 0 aliphatic carbocycles. The molecule has 3 saturated heterocycles. The number of likely N-dealkylation sites (tertiary alicyclic amines) is 2. The Morgan fingerprint density at radius 3 is 2.46 bits per heavy atom. The SMILES string of the molecule is N#CCC(=O)N1CCC(c2ccc(Nc3cnnc(N4CCC[C@@H](NC(=O)N5CCCCC5)C4)n3)cc2)CC1. The van der Waals surface area contributed by atoms with E-state index in [4.69, 9.17) is 10.2 Å². The second-order valence-corrected chi connectivity index (χ2v) is 10.7. The third-order valence-electron chi connectivity index (χ3n) is 7.96. The quantitative estimate of drug-likeness (QED) is 0.580. The maximum atomic E-state index is 12.7. The smallest absolute Gasteiger partial charge is 0.317 e. The van der Waals surface area contributed by atoms with Crippen LogP contribution in [0.15, 0.2) is 30.5 Å². The van der Waals surface area contributed by atoms with E-state index in [2.05, 4.69) is 37.9 Å². The van der Waals surface area contributed by atoms with Crippen molar-refractivity contribution < 1.29 is 9.59 Å². The highest BCUT2D eigenvalue weighted by atomic mass is 16.2. The van der Waals surface area contributed by atoms with Gasteiger partial charge in [-0.3, -0.25) is 4.79 Å². The Bertz CT molecular complexity index is 1170. The highest BCUT2D eigenvalue weighted by Gasteiger charge is 2.26. The minimum absolute atomic E-state index is 0.0393. The van der Waals surface area contributed by atoms with Crippen molar-refractivity contribution in [1.29, 1.82) is 5.26 Å². The van der Waals surface area contributed by atoms with Gasteiger partial charge in [0.1, 0.15) is 6.42 Å². The van der Waals surface area contributed by atoms with Crippen LogP contribution in [-0.2, 0) is 4.79 Å². The lowest BCUT2D eigenvalue weighted by Crippen LogP contribution is -2.52. The first-order valence-electron chi connectivity index (χ1n) is 14.1. The van der Waals surface area contributed by atoms with Gasteiger partial charge in [0.25, 0.3) is 0 Å². The number of nitrogens with zero attached hydrogens (tertiary/aromatic N) is 7. The van der Waals surface area contributed by atoms with Gasteiger partial charge in [-0.2, -0.15) is 15.3 Å². The topological polar surface area (TPSA) is 130 Å². The third kappa shape index (κ3) is 6.93. The van der Waals surface area contributed by atoms with Crippen molar-refractivity contribution in [3.05, 3.63) is 36.0 Å². The summed E-state index contributed by atoms with van der Waals surface area (Å²) in [7, 11) is 0. The summed E-state index contributed by atoms with van der Waals surface area (Å²) >= 11 is 0. The van der Waals surface area contributed by atoms with E-state index < -0.39 is 0 Å². The summed E-state index contributed by atoms with van der Waals surface area (Å²) in [6.45, 7) is 4.57. The molecule has 3 amide bonds. The summed E-state index contributed by atoms with van der Waals surface area (Å²) in [6, 6.07) is 10.4. The van der Waals surface area contributed by atoms with E-state index in [9.17, 15) is 9.59 Å². The number of benzene rings is 1. The van der Waals surface area contributed by atoms with E-state index in [1.54, 1.807) is 11.1 Å². The van der Waals surface area contributed by atoms with E-state index >= 15 is 0 Å². The van der Waals surface area contributed by atoms with Crippen molar-refractivity contribution in [2.75, 3.05) is 49.5 Å². The molecule has 0 spiro atoms. The van der Waals surface area contributed by atoms with Gasteiger partial charge in [0.15, 0.2) is 5.82 Å². The predicted molar refractivity (Wildman–Crippen MR) is 148 cm³/mol. The minimum atomic E-state index is -0.0735. The van der Waals surface area contributed by atoms with Gasteiger partial charge in [0, 0.05) is 51.0 Å². The van der Waals surface area contributed by atoms with E-state index in [1.165, 1.54) is 12.0 Å². The number of amides is 3. The average molecular weight is 532 g/mol. The highest BCUT2D eigenvalue weighted by molar-refractivity contribution is 5.78. The molecule has 1 aromatic heterocycles. The van der Waals surface area contributed by atoms with Gasteiger partial charge in [0.2, 0.25) is 11.9 Å². The number of hydrogen-bond donors (Lipinski definition) is 2. The number of nitrogens with one attached hydrogen (secondary N) is 2. The van der Waals surface area contributed by atoms with E-state index in [1.807, 2.05) is 23.1 Å². The van der Waals surface area contributed by atoms with Crippen molar-refractivity contribution in [2.24, 2.45) is 0 Å². The minimum Gasteiger partial charge on any atom is -0.342 e. The van der Waals surface area contributed by atoms with Gasteiger partial charge < -0.3 is 25.3 Å². The molecule has 11 nitrogen and oxygen atoms in total. The summed E-state index contributed by atoms with van der Waals surface area (Å²) in [4.78, 5) is 35.2. The Labute approximate surface area is 229 Å². The van der Waals surface area contributed by atoms with Crippen molar-refractivity contribution >= 4 is 29.4 Å². The molecular formula is C28H37N9O2. The molecule has 3 aliphatic heterocycles. The van der Waals surface area contributed by atoms with Crippen molar-refractivity contribution in [3.8, 4) is 6.07 Å². The average Bonchev–Trinajstić information content (AvgIpc) is 2.98. The number of piperidine rings is 3. The number of hydrogen-bond acceptors (Lipinski definition) is 8. The Morgan fingerprint density at radius 2 is 1.72 bits per heavy atom. The Kier molecular flexibility index (Phi) is 8.71. The van der Waals surface area contributed by atoms with Crippen LogP contribution in [0.25, 0.3) is 0 Å². The second-order valence-electron chi connectivity index (χ2n) is 10.7. The summed E-state index contributed by atoms with van der Waals surface area (Å²) < 4.78 is 0. The van der Waals surface area contributed by atoms with Crippen LogP contribution in [0.5, 0.6) is 0 Å². The third-order valence-corrected chi connectivity index (χ3v) is 7.96. The molecule has 39 heavy (non-hydrogen) atoms. The van der Waals surface area contributed by atoms with Gasteiger partial charge in [-0.25, -0.2) is 4.79 Å². The van der Waals surface area contributed by atoms with Gasteiger partial charge in [0.05, 0.1) is 12.3 Å². The molecule has 11 heteroatoms. The first-order valence-corrected chi connectivity index (χ1v) is 14.1. The number of urea groups is 1. The molecule has 2 aromatic rings. The maximum Gasteiger partial charge on any atom is 0.317 e. The zero-order chi connectivity index (χ0) is 27.0. The van der Waals surface area contributed by atoms with Gasteiger partial charge in [-0.15, -0.1) is 5.10 Å². The number of anilines is 3. The largest absolute Gasteiger partial charge is 0.342 e. The van der Waals surface area contributed by atoms with Crippen LogP contribution >= 0.6 is 0 Å². The second kappa shape index (κ2) is 12.7. The van der Waals surface area contributed by atoms with Gasteiger partial charge in [-0.1, -0.05) is 12.1 Å². The van der Waals surface area contributed by atoms with E-state index in [-0.39, 0.29) is 24.4 Å². The van der Waals surface area contributed by atoms with Crippen LogP contribution < -0.4 is 15.5 Å². The fourth-order valence-corrected chi connectivity index (χ4v) is 5.76. The Morgan fingerprint density at radius 1 is 0.949 bits per heavy atom. The molecule has 206 valence electrons. The Balaban J connectivity index is 1.14. The monoisotopic (exact) mass is 531 g/mol. The normalized spacial score (nSPS) is 20.3. The molecule has 1 atom stereocenters. The van der Waals surface area contributed by atoms with Crippen molar-refractivity contribution in [3.63, 3.8) is 0 Å². The maximum absolute atomic E-state index is 12.7. The van der Waals surface area contributed by atoms with Crippen LogP contribution in [0.2, 0.25) is 0 Å². The fourth-order valence-electron chi connectivity index (χ4n) is 5.76. The van der Waals surface area contributed by atoms with E-state index in [0.29, 0.717) is 37.3 Å². The van der Waals surface area contributed by atoms with Crippen molar-refractivity contribution in [2.45, 2.75) is 63.3 Å². The first-order chi connectivity index (χ1) is 19.1. The zero-order valence-corrected chi connectivity index (χ0v) is 22.4. The van der Waals surface area contributed by atoms with Gasteiger partial charge in [-0.05, 0) is 68.6 Å². The lowest BCUT2D eigenvalue weighted by Gasteiger charge is -2.35. The highest BCUT2D eigenvalue weighted by Crippen LogP contribution is 2.29. The molecule has 0 bridgehead atoms. The predicted octanol–water partition coefficient (Wildman–Crippen LogP) is 3.40. The number of rotatable bonds is 6. The summed E-state index contributed by atoms with van der Waals surface area (Å²) in [5.41, 5.74) is 2.16. The fraction of sp³-hybridized carbons (Fsp3) is 0.571. The summed E-state index contributed by atoms with van der Waals surface area (Å²) in [5, 5.41) is 23.7. The lowest BCUT2D eigenvalue weighted by molar-refractivity contribution is -0.131. The molecular weight excluding hydrogens is 494 g/mol. The number of carbonyl (C=O) groups is 2. The molecule has 1 aromatic carbocycles. The van der Waals surface area contributed by atoms with Crippen LogP contribution in [0, 0.1) is 11.3 Å². The molecule has 0 radical (unpaired) electrons. The van der Waals surface area contributed by atoms with Crippen LogP contribution in [0.3, 0.4) is 0 Å². The molecule has 2 N–H and O–H groups in total. The summed E-state index contributed by atoms with van der Waals surface area (Å²) in [5.74, 6) is 1.51. The van der Waals surface area contributed by atoms with E-state index in [0.717, 1.165) is 63.8 Å². The zero-order valence-electron chi connectivity index (χ0n) is 22.4. The molecule has 3 fully saturated rings. The molecule has 4 heterocycles. The number of aromatic nitrogens is 3. The van der Waals surface area contributed by atoms with Crippen LogP contribution in [0.1, 0.15) is 62.8 Å². The Hall–Kier alpha value is -3.94. The molecule has 0 saturated carbocycles. The molecule has 0 unspecified atom stereocenters. The lowest BCUT2D eigenvalue weighted by atomic mass is 9.89. The van der Waals surface area contributed by atoms with Crippen LogP contribution in [-0.4, -0.2) is 82.2 Å². The first kappa shape index (κ1) is 26.7. The van der Waals surface area contributed by atoms with Crippen LogP contribution in [0.4, 0.5) is 22.2 Å². The molecule has 5 rings (SSSR count). The molecule has 3 aliphatic rings. The summed E-state index contributed by atoms with van der Waals surface area (Å²) in [6.07, 6.45) is 8.64. The standard InChI is InChI=1S/C28H37N9O2/c29-13-10-26(38)35-17-11-22(12-18-35)21-6-8-23(9-7-21)31-25-19-30-34-27(33-25)37-16-4-5-24(20-37)32-28(39)36-14-2-1-3-15-36/h6-9,19,22,24H,1-5,10-12,14-18,20H2,(H,32,39)(H,31,33,34)/t24-/m1/s1. The number of nitriles is 1.